The summed E-state index contributed by atoms with van der Waals surface area (Å²) in [7, 11) is 1.67. The van der Waals surface area contributed by atoms with Gasteiger partial charge in [-0.1, -0.05) is 17.7 Å². The first-order valence-electron chi connectivity index (χ1n) is 4.97. The third-order valence-electron chi connectivity index (χ3n) is 2.24. The molecule has 0 fully saturated rings. The topological polar surface area (TPSA) is 38.3 Å². The summed E-state index contributed by atoms with van der Waals surface area (Å²) in [6.07, 6.45) is 0.856. The number of nitrogens with one attached hydrogen (secondary N) is 1. The van der Waals surface area contributed by atoms with E-state index in [9.17, 15) is 4.79 Å². The van der Waals surface area contributed by atoms with E-state index in [-0.39, 0.29) is 0 Å². The zero-order chi connectivity index (χ0) is 11.3. The molecule has 0 radical (unpaired) electrons. The second-order valence-corrected chi connectivity index (χ2v) is 3.57. The maximum atomic E-state index is 10.2. The maximum Gasteiger partial charge on any atom is 0.133 e. The number of methoxy groups -OCH3 is 1. The molecule has 0 aliphatic carbocycles. The molecule has 1 N–H and O–H groups in total. The molecule has 0 atom stereocenters. The van der Waals surface area contributed by atoms with Gasteiger partial charge in [0.1, 0.15) is 12.0 Å². The average molecular weight is 207 g/mol. The van der Waals surface area contributed by atoms with Crippen molar-refractivity contribution in [3.63, 3.8) is 0 Å². The Morgan fingerprint density at radius 2 is 2.13 bits per heavy atom. The van der Waals surface area contributed by atoms with Crippen molar-refractivity contribution < 1.29 is 9.53 Å². The van der Waals surface area contributed by atoms with Crippen LogP contribution in [0, 0.1) is 13.8 Å². The van der Waals surface area contributed by atoms with Crippen molar-refractivity contribution >= 4 is 6.29 Å². The van der Waals surface area contributed by atoms with Crippen LogP contribution in [0.2, 0.25) is 0 Å². The van der Waals surface area contributed by atoms with Crippen LogP contribution in [0.4, 0.5) is 0 Å². The minimum Gasteiger partial charge on any atom is -0.496 e. The molecule has 1 aromatic rings. The summed E-state index contributed by atoms with van der Waals surface area (Å²) in [4.78, 5) is 10.2. The minimum absolute atomic E-state index is 0.371. The number of carbonyl (C=O) groups excluding carboxylic acids is 1. The van der Waals surface area contributed by atoms with Gasteiger partial charge in [-0.3, -0.25) is 0 Å². The third kappa shape index (κ3) is 3.06. The molecule has 82 valence electrons. The normalized spacial score (nSPS) is 10.1. The first kappa shape index (κ1) is 11.7. The van der Waals surface area contributed by atoms with Gasteiger partial charge in [-0.25, -0.2) is 0 Å². The van der Waals surface area contributed by atoms with E-state index in [1.54, 1.807) is 7.11 Å². The van der Waals surface area contributed by atoms with Crippen LogP contribution >= 0.6 is 0 Å². The van der Waals surface area contributed by atoms with E-state index in [1.807, 2.05) is 6.92 Å². The minimum atomic E-state index is 0.371. The summed E-state index contributed by atoms with van der Waals surface area (Å²) in [6, 6.07) is 4.16. The summed E-state index contributed by atoms with van der Waals surface area (Å²) in [6.45, 7) is 5.10. The van der Waals surface area contributed by atoms with Gasteiger partial charge < -0.3 is 14.8 Å². The van der Waals surface area contributed by atoms with Gasteiger partial charge in [-0.2, -0.15) is 0 Å². The molecule has 0 aliphatic rings. The van der Waals surface area contributed by atoms with E-state index in [2.05, 4.69) is 24.4 Å². The number of rotatable bonds is 5. The van der Waals surface area contributed by atoms with Gasteiger partial charge >= 0.3 is 0 Å². The lowest BCUT2D eigenvalue weighted by molar-refractivity contribution is -0.107. The number of hydrogen-bond donors (Lipinski definition) is 1. The van der Waals surface area contributed by atoms with Gasteiger partial charge in [-0.15, -0.1) is 0 Å². The van der Waals surface area contributed by atoms with Crippen molar-refractivity contribution in [1.82, 2.24) is 5.32 Å². The average Bonchev–Trinajstić information content (AvgIpc) is 2.17. The third-order valence-corrected chi connectivity index (χ3v) is 2.24. The molecular formula is C12H17NO2. The second-order valence-electron chi connectivity index (χ2n) is 3.57. The van der Waals surface area contributed by atoms with E-state index in [0.717, 1.165) is 23.2 Å². The Balaban J connectivity index is 2.88. The number of carbonyl (C=O) groups is 1. The lowest BCUT2D eigenvalue weighted by Crippen LogP contribution is -2.16. The molecule has 0 amide bonds. The molecule has 1 rings (SSSR count). The summed E-state index contributed by atoms with van der Waals surface area (Å²) < 4.78 is 5.33. The Bertz CT molecular complexity index is 348. The van der Waals surface area contributed by atoms with Crippen molar-refractivity contribution in [1.29, 1.82) is 0 Å². The molecule has 0 unspecified atom stereocenters. The Morgan fingerprint density at radius 1 is 1.40 bits per heavy atom. The lowest BCUT2D eigenvalue weighted by Gasteiger charge is -2.12. The highest BCUT2D eigenvalue weighted by molar-refractivity contribution is 5.52. The van der Waals surface area contributed by atoms with Gasteiger partial charge in [-0.05, 0) is 19.4 Å². The smallest absolute Gasteiger partial charge is 0.133 e. The fourth-order valence-electron chi connectivity index (χ4n) is 1.73. The van der Waals surface area contributed by atoms with Crippen LogP contribution in [-0.4, -0.2) is 19.9 Å². The monoisotopic (exact) mass is 207 g/mol. The van der Waals surface area contributed by atoms with Gasteiger partial charge in [0.2, 0.25) is 0 Å². The highest BCUT2D eigenvalue weighted by atomic mass is 16.5. The van der Waals surface area contributed by atoms with Crippen molar-refractivity contribution in [2.75, 3.05) is 13.7 Å². The van der Waals surface area contributed by atoms with Crippen LogP contribution < -0.4 is 10.1 Å². The molecule has 0 saturated carbocycles. The fourth-order valence-corrected chi connectivity index (χ4v) is 1.73. The van der Waals surface area contributed by atoms with Crippen molar-refractivity contribution in [2.24, 2.45) is 0 Å². The van der Waals surface area contributed by atoms with Crippen molar-refractivity contribution in [3.8, 4) is 5.75 Å². The molecule has 1 aromatic carbocycles. The highest BCUT2D eigenvalue weighted by Gasteiger charge is 2.06. The van der Waals surface area contributed by atoms with E-state index in [0.29, 0.717) is 13.1 Å². The summed E-state index contributed by atoms with van der Waals surface area (Å²) in [5.74, 6) is 0.902. The fraction of sp³-hybridized carbons (Fsp3) is 0.417. The standard InChI is InChI=1S/C12H17NO2/c1-9-6-10(2)12(15-3)11(7-9)8-13-4-5-14/h5-7,13H,4,8H2,1-3H3. The molecular weight excluding hydrogens is 190 g/mol. The van der Waals surface area contributed by atoms with E-state index < -0.39 is 0 Å². The molecule has 0 saturated heterocycles. The summed E-state index contributed by atoms with van der Waals surface area (Å²) in [5.41, 5.74) is 3.42. The zero-order valence-corrected chi connectivity index (χ0v) is 9.46. The summed E-state index contributed by atoms with van der Waals surface area (Å²) in [5, 5.41) is 3.03. The molecule has 0 bridgehead atoms. The molecule has 15 heavy (non-hydrogen) atoms. The SMILES string of the molecule is COc1c(C)cc(C)cc1CNCC=O. The van der Waals surface area contributed by atoms with Gasteiger partial charge in [0.15, 0.2) is 0 Å². The number of aryl methyl sites for hydroxylation is 2. The quantitative estimate of drug-likeness (QED) is 0.588. The summed E-state index contributed by atoms with van der Waals surface area (Å²) >= 11 is 0. The zero-order valence-electron chi connectivity index (χ0n) is 9.46. The van der Waals surface area contributed by atoms with Crippen LogP contribution in [0.5, 0.6) is 5.75 Å². The maximum absolute atomic E-state index is 10.2. The lowest BCUT2D eigenvalue weighted by atomic mass is 10.1. The molecule has 3 heteroatoms. The van der Waals surface area contributed by atoms with E-state index in [4.69, 9.17) is 4.74 Å². The van der Waals surface area contributed by atoms with Crippen LogP contribution in [0.3, 0.4) is 0 Å². The molecule has 0 heterocycles. The Kier molecular flexibility index (Phi) is 4.31. The van der Waals surface area contributed by atoms with Gasteiger partial charge in [0.25, 0.3) is 0 Å². The largest absolute Gasteiger partial charge is 0.496 e. The number of benzene rings is 1. The van der Waals surface area contributed by atoms with Crippen molar-refractivity contribution in [3.05, 3.63) is 28.8 Å². The van der Waals surface area contributed by atoms with Gasteiger partial charge in [0.05, 0.1) is 13.7 Å². The van der Waals surface area contributed by atoms with Crippen LogP contribution in [-0.2, 0) is 11.3 Å². The predicted molar refractivity (Wildman–Crippen MR) is 60.2 cm³/mol. The molecule has 0 aromatic heterocycles. The first-order valence-corrected chi connectivity index (χ1v) is 4.97. The Labute approximate surface area is 90.4 Å². The second kappa shape index (κ2) is 5.51. The van der Waals surface area contributed by atoms with Crippen LogP contribution in [0.1, 0.15) is 16.7 Å². The molecule has 0 aliphatic heterocycles. The Hall–Kier alpha value is -1.35. The number of hydrogen-bond acceptors (Lipinski definition) is 3. The van der Waals surface area contributed by atoms with Gasteiger partial charge in [0, 0.05) is 12.1 Å². The predicted octanol–water partition coefficient (Wildman–Crippen LogP) is 1.60. The van der Waals surface area contributed by atoms with Crippen LogP contribution in [0.15, 0.2) is 12.1 Å². The molecule has 3 nitrogen and oxygen atoms in total. The number of ether oxygens (including phenoxy) is 1. The number of aldehydes is 1. The molecule has 0 spiro atoms. The van der Waals surface area contributed by atoms with E-state index >= 15 is 0 Å². The van der Waals surface area contributed by atoms with E-state index in [1.165, 1.54) is 5.56 Å². The van der Waals surface area contributed by atoms with Crippen molar-refractivity contribution in [2.45, 2.75) is 20.4 Å². The first-order chi connectivity index (χ1) is 7.19. The van der Waals surface area contributed by atoms with Crippen LogP contribution in [0.25, 0.3) is 0 Å². The highest BCUT2D eigenvalue weighted by Crippen LogP contribution is 2.24. The Morgan fingerprint density at radius 3 is 2.73 bits per heavy atom.